The van der Waals surface area contributed by atoms with E-state index >= 15 is 0 Å². The summed E-state index contributed by atoms with van der Waals surface area (Å²) in [5.41, 5.74) is 0.818. The van der Waals surface area contributed by atoms with Crippen molar-refractivity contribution >= 4 is 45.8 Å². The number of hydrogen-bond donors (Lipinski definition) is 1. The van der Waals surface area contributed by atoms with Crippen LogP contribution in [0.25, 0.3) is 0 Å². The average Bonchev–Trinajstić information content (AvgIpc) is 2.85. The maximum atomic E-state index is 11.2. The Balaban J connectivity index is 2.02. The van der Waals surface area contributed by atoms with Crippen molar-refractivity contribution < 1.29 is 13.9 Å². The van der Waals surface area contributed by atoms with Crippen molar-refractivity contribution in [1.82, 2.24) is 0 Å². The van der Waals surface area contributed by atoms with E-state index in [2.05, 4.69) is 32.6 Å². The van der Waals surface area contributed by atoms with Crippen LogP contribution in [0.15, 0.2) is 34.7 Å². The number of anilines is 1. The summed E-state index contributed by atoms with van der Waals surface area (Å²) in [4.78, 5) is 11.2. The number of methoxy groups -OCH3 is 1. The van der Waals surface area contributed by atoms with E-state index in [1.807, 2.05) is 18.2 Å². The van der Waals surface area contributed by atoms with Crippen LogP contribution in [0, 0.1) is 3.57 Å². The van der Waals surface area contributed by atoms with E-state index in [1.54, 1.807) is 12.1 Å². The topological polar surface area (TPSA) is 51.5 Å². The lowest BCUT2D eigenvalue weighted by Crippen LogP contribution is -2.00. The van der Waals surface area contributed by atoms with Crippen molar-refractivity contribution in [3.05, 3.63) is 50.4 Å². The Morgan fingerprint density at radius 3 is 2.89 bits per heavy atom. The van der Waals surface area contributed by atoms with Crippen LogP contribution < -0.4 is 5.32 Å². The van der Waals surface area contributed by atoms with Crippen LogP contribution in [-0.2, 0) is 11.3 Å². The highest BCUT2D eigenvalue weighted by Gasteiger charge is 2.11. The molecular formula is C13H11ClINO3. The summed E-state index contributed by atoms with van der Waals surface area (Å²) in [5, 5.41) is 3.79. The smallest absolute Gasteiger partial charge is 0.373 e. The summed E-state index contributed by atoms with van der Waals surface area (Å²) in [7, 11) is 1.31. The lowest BCUT2D eigenvalue weighted by Gasteiger charge is -2.06. The monoisotopic (exact) mass is 391 g/mol. The van der Waals surface area contributed by atoms with Gasteiger partial charge in [0.25, 0.3) is 0 Å². The van der Waals surface area contributed by atoms with Gasteiger partial charge in [0.2, 0.25) is 5.76 Å². The normalized spacial score (nSPS) is 10.3. The molecule has 0 unspecified atom stereocenters. The van der Waals surface area contributed by atoms with Crippen LogP contribution in [0.5, 0.6) is 0 Å². The Kier molecular flexibility index (Phi) is 4.71. The molecule has 1 aromatic heterocycles. The minimum atomic E-state index is -0.487. The van der Waals surface area contributed by atoms with Crippen molar-refractivity contribution in [2.24, 2.45) is 0 Å². The second kappa shape index (κ2) is 6.29. The zero-order chi connectivity index (χ0) is 13.8. The maximum Gasteiger partial charge on any atom is 0.373 e. The van der Waals surface area contributed by atoms with E-state index in [9.17, 15) is 4.79 Å². The second-order valence-electron chi connectivity index (χ2n) is 3.74. The van der Waals surface area contributed by atoms with Crippen LogP contribution in [0.4, 0.5) is 5.69 Å². The fourth-order valence-corrected chi connectivity index (χ4v) is 2.42. The Labute approximate surface area is 129 Å². The highest BCUT2D eigenvalue weighted by Crippen LogP contribution is 2.24. The molecule has 0 spiro atoms. The van der Waals surface area contributed by atoms with E-state index < -0.39 is 5.97 Å². The molecule has 2 aromatic rings. The Morgan fingerprint density at radius 2 is 2.21 bits per heavy atom. The first-order chi connectivity index (χ1) is 9.10. The van der Waals surface area contributed by atoms with Gasteiger partial charge in [0.15, 0.2) is 0 Å². The van der Waals surface area contributed by atoms with Crippen LogP contribution in [0.2, 0.25) is 5.02 Å². The van der Waals surface area contributed by atoms with Gasteiger partial charge in [0, 0.05) is 3.57 Å². The molecule has 4 nitrogen and oxygen atoms in total. The van der Waals surface area contributed by atoms with E-state index in [0.29, 0.717) is 17.3 Å². The molecule has 1 heterocycles. The highest BCUT2D eigenvalue weighted by molar-refractivity contribution is 14.1. The molecule has 0 amide bonds. The fourth-order valence-electron chi connectivity index (χ4n) is 1.50. The summed E-state index contributed by atoms with van der Waals surface area (Å²) in [5.74, 6) is 0.335. The molecule has 0 atom stereocenters. The number of esters is 1. The second-order valence-corrected chi connectivity index (χ2v) is 5.39. The van der Waals surface area contributed by atoms with Crippen molar-refractivity contribution in [1.29, 1.82) is 0 Å². The van der Waals surface area contributed by atoms with Gasteiger partial charge in [-0.2, -0.15) is 0 Å². The quantitative estimate of drug-likeness (QED) is 0.634. The molecule has 0 saturated carbocycles. The fraction of sp³-hybridized carbons (Fsp3) is 0.154. The van der Waals surface area contributed by atoms with Crippen LogP contribution >= 0.6 is 34.2 Å². The van der Waals surface area contributed by atoms with Crippen LogP contribution in [0.1, 0.15) is 16.3 Å². The molecule has 0 radical (unpaired) electrons. The van der Waals surface area contributed by atoms with Crippen molar-refractivity contribution in [2.75, 3.05) is 12.4 Å². The first-order valence-electron chi connectivity index (χ1n) is 5.46. The molecule has 100 valence electrons. The number of furan rings is 1. The number of rotatable bonds is 4. The zero-order valence-electron chi connectivity index (χ0n) is 10.1. The number of ether oxygens (including phenoxy) is 1. The number of carbonyl (C=O) groups is 1. The zero-order valence-corrected chi connectivity index (χ0v) is 13.0. The summed E-state index contributed by atoms with van der Waals surface area (Å²) < 4.78 is 11.0. The molecule has 0 fully saturated rings. The molecule has 1 N–H and O–H groups in total. The van der Waals surface area contributed by atoms with E-state index in [1.165, 1.54) is 7.11 Å². The molecule has 1 aromatic carbocycles. The minimum Gasteiger partial charge on any atom is -0.463 e. The van der Waals surface area contributed by atoms with E-state index in [-0.39, 0.29) is 5.76 Å². The van der Waals surface area contributed by atoms with Gasteiger partial charge in [-0.3, -0.25) is 0 Å². The predicted octanol–water partition coefficient (Wildman–Crippen LogP) is 3.94. The van der Waals surface area contributed by atoms with Gasteiger partial charge in [-0.25, -0.2) is 4.79 Å². The number of nitrogens with one attached hydrogen (secondary N) is 1. The van der Waals surface area contributed by atoms with E-state index in [0.717, 1.165) is 9.26 Å². The third kappa shape index (κ3) is 3.63. The first-order valence-corrected chi connectivity index (χ1v) is 6.92. The Morgan fingerprint density at radius 1 is 1.42 bits per heavy atom. The molecule has 0 aliphatic carbocycles. The van der Waals surface area contributed by atoms with Gasteiger partial charge >= 0.3 is 5.97 Å². The number of halogens is 2. The third-order valence-electron chi connectivity index (χ3n) is 2.43. The minimum absolute atomic E-state index is 0.188. The largest absolute Gasteiger partial charge is 0.463 e. The highest BCUT2D eigenvalue weighted by atomic mass is 127. The van der Waals surface area contributed by atoms with Gasteiger partial charge in [-0.15, -0.1) is 0 Å². The number of hydrogen-bond acceptors (Lipinski definition) is 4. The molecule has 2 rings (SSSR count). The van der Waals surface area contributed by atoms with Crippen LogP contribution in [0.3, 0.4) is 0 Å². The summed E-state index contributed by atoms with van der Waals surface area (Å²) >= 11 is 8.30. The Bertz CT molecular complexity index is 597. The number of carbonyl (C=O) groups excluding carboxylic acids is 1. The predicted molar refractivity (Wildman–Crippen MR) is 81.5 cm³/mol. The van der Waals surface area contributed by atoms with Crippen molar-refractivity contribution in [2.45, 2.75) is 6.54 Å². The van der Waals surface area contributed by atoms with Gasteiger partial charge < -0.3 is 14.5 Å². The van der Waals surface area contributed by atoms with Gasteiger partial charge in [-0.1, -0.05) is 11.6 Å². The number of benzene rings is 1. The summed E-state index contributed by atoms with van der Waals surface area (Å²) in [6, 6.07) is 9.02. The molecule has 6 heteroatoms. The summed E-state index contributed by atoms with van der Waals surface area (Å²) in [6.07, 6.45) is 0. The lowest BCUT2D eigenvalue weighted by atomic mass is 10.3. The van der Waals surface area contributed by atoms with Gasteiger partial charge in [-0.05, 0) is 52.9 Å². The SMILES string of the molecule is COC(=O)c1ccc(CNc2ccc(I)cc2Cl)o1. The molecule has 0 saturated heterocycles. The third-order valence-corrected chi connectivity index (χ3v) is 3.42. The molecule has 0 aliphatic heterocycles. The van der Waals surface area contributed by atoms with Crippen LogP contribution in [-0.4, -0.2) is 13.1 Å². The molecule has 0 aliphatic rings. The van der Waals surface area contributed by atoms with Crippen molar-refractivity contribution in [3.63, 3.8) is 0 Å². The first kappa shape index (κ1) is 14.2. The average molecular weight is 392 g/mol. The molecule has 0 bridgehead atoms. The van der Waals surface area contributed by atoms with Crippen molar-refractivity contribution in [3.8, 4) is 0 Å². The maximum absolute atomic E-state index is 11.2. The standard InChI is InChI=1S/C13H11ClINO3/c1-18-13(17)12-5-3-9(19-12)7-16-11-4-2-8(15)6-10(11)14/h2-6,16H,7H2,1H3. The Hall–Kier alpha value is -1.21. The molecule has 19 heavy (non-hydrogen) atoms. The van der Waals surface area contributed by atoms with Gasteiger partial charge in [0.1, 0.15) is 5.76 Å². The lowest BCUT2D eigenvalue weighted by molar-refractivity contribution is 0.0563. The van der Waals surface area contributed by atoms with E-state index in [4.69, 9.17) is 16.0 Å². The van der Waals surface area contributed by atoms with Gasteiger partial charge in [0.05, 0.1) is 24.4 Å². The molecular weight excluding hydrogens is 381 g/mol. The summed E-state index contributed by atoms with van der Waals surface area (Å²) in [6.45, 7) is 0.442.